The fraction of sp³-hybridized carbons (Fsp3) is 0.231. The molecule has 3 heteroatoms. The molecule has 0 spiro atoms. The lowest BCUT2D eigenvalue weighted by Gasteiger charge is -2.02. The first-order valence-electron chi connectivity index (χ1n) is 4.92. The maximum absolute atomic E-state index is 11.3. The Morgan fingerprint density at radius 3 is 2.50 bits per heavy atom. The van der Waals surface area contributed by atoms with Crippen LogP contribution in [0.25, 0.3) is 6.08 Å². The van der Waals surface area contributed by atoms with Crippen molar-refractivity contribution in [2.45, 2.75) is 13.8 Å². The summed E-state index contributed by atoms with van der Waals surface area (Å²) in [7, 11) is 1.26. The van der Waals surface area contributed by atoms with E-state index in [0.717, 1.165) is 11.1 Å². The van der Waals surface area contributed by atoms with E-state index in [2.05, 4.69) is 4.74 Å². The zero-order valence-electron chi connectivity index (χ0n) is 9.61. The standard InChI is InChI=1S/C13H14O3/c1-9-5-4-6-11(7-9)8-12(10(2)14)13(15)16-3/h4-8H,1-3H3/b12-8-. The number of hydrogen-bond donors (Lipinski definition) is 0. The van der Waals surface area contributed by atoms with Gasteiger partial charge >= 0.3 is 5.97 Å². The average Bonchev–Trinajstić information content (AvgIpc) is 2.24. The van der Waals surface area contributed by atoms with Gasteiger partial charge in [-0.05, 0) is 25.5 Å². The molecule has 0 aliphatic carbocycles. The van der Waals surface area contributed by atoms with Crippen molar-refractivity contribution in [2.75, 3.05) is 7.11 Å². The first-order valence-corrected chi connectivity index (χ1v) is 4.92. The van der Waals surface area contributed by atoms with E-state index in [1.165, 1.54) is 14.0 Å². The lowest BCUT2D eigenvalue weighted by Crippen LogP contribution is -2.11. The molecule has 84 valence electrons. The number of carbonyl (C=O) groups excluding carboxylic acids is 2. The molecule has 1 aromatic rings. The zero-order chi connectivity index (χ0) is 12.1. The lowest BCUT2D eigenvalue weighted by atomic mass is 10.1. The van der Waals surface area contributed by atoms with Gasteiger partial charge in [-0.2, -0.15) is 0 Å². The van der Waals surface area contributed by atoms with Crippen LogP contribution in [0.2, 0.25) is 0 Å². The van der Waals surface area contributed by atoms with E-state index >= 15 is 0 Å². The Morgan fingerprint density at radius 2 is 2.00 bits per heavy atom. The van der Waals surface area contributed by atoms with Crippen LogP contribution in [0.4, 0.5) is 0 Å². The highest BCUT2D eigenvalue weighted by atomic mass is 16.5. The van der Waals surface area contributed by atoms with Gasteiger partial charge in [0, 0.05) is 0 Å². The number of hydrogen-bond acceptors (Lipinski definition) is 3. The van der Waals surface area contributed by atoms with Crippen molar-refractivity contribution in [3.05, 3.63) is 41.0 Å². The molecule has 1 rings (SSSR count). The number of aryl methyl sites for hydroxylation is 1. The monoisotopic (exact) mass is 218 g/mol. The van der Waals surface area contributed by atoms with Gasteiger partial charge in [-0.1, -0.05) is 29.8 Å². The van der Waals surface area contributed by atoms with Crippen LogP contribution in [-0.2, 0) is 14.3 Å². The summed E-state index contributed by atoms with van der Waals surface area (Å²) in [6, 6.07) is 7.55. The number of carbonyl (C=O) groups is 2. The molecule has 1 aromatic carbocycles. The van der Waals surface area contributed by atoms with Gasteiger partial charge in [0.25, 0.3) is 0 Å². The molecule has 0 bridgehead atoms. The highest BCUT2D eigenvalue weighted by Gasteiger charge is 2.14. The zero-order valence-corrected chi connectivity index (χ0v) is 9.61. The predicted octanol–water partition coefficient (Wildman–Crippen LogP) is 2.14. The second-order valence-corrected chi connectivity index (χ2v) is 3.52. The van der Waals surface area contributed by atoms with E-state index in [9.17, 15) is 9.59 Å². The second-order valence-electron chi connectivity index (χ2n) is 3.52. The Kier molecular flexibility index (Phi) is 4.00. The number of rotatable bonds is 3. The number of methoxy groups -OCH3 is 1. The van der Waals surface area contributed by atoms with E-state index in [1.54, 1.807) is 6.08 Å². The smallest absolute Gasteiger partial charge is 0.341 e. The quantitative estimate of drug-likeness (QED) is 0.338. The summed E-state index contributed by atoms with van der Waals surface area (Å²) >= 11 is 0. The van der Waals surface area contributed by atoms with Gasteiger partial charge in [-0.15, -0.1) is 0 Å². The number of ether oxygens (including phenoxy) is 1. The first-order chi connectivity index (χ1) is 7.54. The molecule has 0 aromatic heterocycles. The fourth-order valence-electron chi connectivity index (χ4n) is 1.34. The van der Waals surface area contributed by atoms with Gasteiger partial charge in [0.15, 0.2) is 5.78 Å². The van der Waals surface area contributed by atoms with Crippen molar-refractivity contribution in [1.82, 2.24) is 0 Å². The van der Waals surface area contributed by atoms with Crippen LogP contribution in [-0.4, -0.2) is 18.9 Å². The Bertz CT molecular complexity index is 444. The highest BCUT2D eigenvalue weighted by Crippen LogP contribution is 2.11. The summed E-state index contributed by atoms with van der Waals surface area (Å²) in [5.41, 5.74) is 1.95. The van der Waals surface area contributed by atoms with Crippen molar-refractivity contribution in [3.63, 3.8) is 0 Å². The van der Waals surface area contributed by atoms with Crippen LogP contribution in [0, 0.1) is 6.92 Å². The van der Waals surface area contributed by atoms with E-state index in [0.29, 0.717) is 0 Å². The largest absolute Gasteiger partial charge is 0.465 e. The summed E-state index contributed by atoms with van der Waals surface area (Å²) in [6.45, 7) is 3.29. The molecule has 0 N–H and O–H groups in total. The van der Waals surface area contributed by atoms with Crippen molar-refractivity contribution < 1.29 is 14.3 Å². The second kappa shape index (κ2) is 5.26. The molecule has 16 heavy (non-hydrogen) atoms. The summed E-state index contributed by atoms with van der Waals surface area (Å²) < 4.78 is 4.55. The van der Waals surface area contributed by atoms with E-state index in [-0.39, 0.29) is 11.4 Å². The van der Waals surface area contributed by atoms with Crippen LogP contribution < -0.4 is 0 Å². The fourth-order valence-corrected chi connectivity index (χ4v) is 1.34. The van der Waals surface area contributed by atoms with E-state index in [1.807, 2.05) is 31.2 Å². The molecule has 0 saturated heterocycles. The van der Waals surface area contributed by atoms with Crippen LogP contribution in [0.5, 0.6) is 0 Å². The van der Waals surface area contributed by atoms with Gasteiger partial charge < -0.3 is 4.74 Å². The molecule has 0 radical (unpaired) electrons. The van der Waals surface area contributed by atoms with E-state index in [4.69, 9.17) is 0 Å². The molecule has 0 aliphatic heterocycles. The Hall–Kier alpha value is -1.90. The van der Waals surface area contributed by atoms with Gasteiger partial charge in [0.1, 0.15) is 5.57 Å². The number of ketones is 1. The molecule has 0 atom stereocenters. The molecule has 0 saturated carbocycles. The minimum Gasteiger partial charge on any atom is -0.465 e. The third-order valence-corrected chi connectivity index (χ3v) is 2.14. The van der Waals surface area contributed by atoms with Crippen molar-refractivity contribution in [1.29, 1.82) is 0 Å². The molecule has 3 nitrogen and oxygen atoms in total. The van der Waals surface area contributed by atoms with Crippen molar-refractivity contribution in [3.8, 4) is 0 Å². The van der Waals surface area contributed by atoms with Crippen LogP contribution >= 0.6 is 0 Å². The topological polar surface area (TPSA) is 43.4 Å². The Balaban J connectivity index is 3.12. The molecule has 0 unspecified atom stereocenters. The van der Waals surface area contributed by atoms with Gasteiger partial charge in [-0.25, -0.2) is 4.79 Å². The minimum atomic E-state index is -0.603. The third kappa shape index (κ3) is 3.05. The van der Waals surface area contributed by atoms with Gasteiger partial charge in [-0.3, -0.25) is 4.79 Å². The normalized spacial score (nSPS) is 11.1. The number of benzene rings is 1. The van der Waals surface area contributed by atoms with E-state index < -0.39 is 5.97 Å². The molecular weight excluding hydrogens is 204 g/mol. The van der Waals surface area contributed by atoms with Crippen molar-refractivity contribution >= 4 is 17.8 Å². The van der Waals surface area contributed by atoms with Gasteiger partial charge in [0.05, 0.1) is 7.11 Å². The number of Topliss-reactive ketones (excluding diaryl/α,β-unsaturated/α-hetero) is 1. The molecule has 0 aliphatic rings. The van der Waals surface area contributed by atoms with Crippen molar-refractivity contribution in [2.24, 2.45) is 0 Å². The molecular formula is C13H14O3. The van der Waals surface area contributed by atoms with Crippen LogP contribution in [0.15, 0.2) is 29.8 Å². The molecule has 0 amide bonds. The highest BCUT2D eigenvalue weighted by molar-refractivity contribution is 6.19. The Morgan fingerprint density at radius 1 is 1.31 bits per heavy atom. The van der Waals surface area contributed by atoms with Crippen LogP contribution in [0.3, 0.4) is 0 Å². The number of esters is 1. The molecule has 0 fully saturated rings. The summed E-state index contributed by atoms with van der Waals surface area (Å²) in [5.74, 6) is -0.901. The molecule has 0 heterocycles. The average molecular weight is 218 g/mol. The third-order valence-electron chi connectivity index (χ3n) is 2.14. The summed E-state index contributed by atoms with van der Waals surface area (Å²) in [4.78, 5) is 22.6. The summed E-state index contributed by atoms with van der Waals surface area (Å²) in [6.07, 6.45) is 1.54. The van der Waals surface area contributed by atoms with Crippen LogP contribution in [0.1, 0.15) is 18.1 Å². The Labute approximate surface area is 94.7 Å². The first kappa shape index (κ1) is 12.2. The predicted molar refractivity (Wildman–Crippen MR) is 61.9 cm³/mol. The SMILES string of the molecule is COC(=O)/C(=C\c1cccc(C)c1)C(C)=O. The minimum absolute atomic E-state index is 0.0631. The maximum atomic E-state index is 11.3. The maximum Gasteiger partial charge on any atom is 0.341 e. The van der Waals surface area contributed by atoms with Gasteiger partial charge in [0.2, 0.25) is 0 Å². The lowest BCUT2D eigenvalue weighted by molar-refractivity contribution is -0.137. The summed E-state index contributed by atoms with van der Waals surface area (Å²) in [5, 5.41) is 0.